The molecule has 0 atom stereocenters. The van der Waals surface area contributed by atoms with Crippen LogP contribution in [0.15, 0.2) is 24.3 Å². The van der Waals surface area contributed by atoms with Crippen molar-refractivity contribution in [1.82, 2.24) is 4.90 Å². The zero-order valence-electron chi connectivity index (χ0n) is 11.0. The highest BCUT2D eigenvalue weighted by molar-refractivity contribution is 5.76. The van der Waals surface area contributed by atoms with Gasteiger partial charge in [-0.15, -0.1) is 0 Å². The fourth-order valence-corrected chi connectivity index (χ4v) is 2.46. The quantitative estimate of drug-likeness (QED) is 0.768. The van der Waals surface area contributed by atoms with Crippen LogP contribution in [0.2, 0.25) is 0 Å². The molecule has 1 aromatic carbocycles. The molecule has 0 aromatic heterocycles. The standard InChI is InChI=1S/C14H21N3O2/c15-13-4-2-1-3-11(13)9-17(10-14(16)18)12-5-7-19-8-6-12/h1-4,12H,5-10,15H2,(H2,16,18). The highest BCUT2D eigenvalue weighted by atomic mass is 16.5. The van der Waals surface area contributed by atoms with E-state index in [0.717, 1.165) is 37.3 Å². The number of nitrogen functional groups attached to an aromatic ring is 1. The van der Waals surface area contributed by atoms with Crippen molar-refractivity contribution in [3.8, 4) is 0 Å². The summed E-state index contributed by atoms with van der Waals surface area (Å²) in [5.74, 6) is -0.305. The van der Waals surface area contributed by atoms with Crippen LogP contribution < -0.4 is 11.5 Å². The van der Waals surface area contributed by atoms with Gasteiger partial charge in [-0.1, -0.05) is 18.2 Å². The molecule has 1 heterocycles. The number of hydrogen-bond donors (Lipinski definition) is 2. The molecule has 19 heavy (non-hydrogen) atoms. The third-order valence-corrected chi connectivity index (χ3v) is 3.49. The Labute approximate surface area is 113 Å². The Kier molecular flexibility index (Phi) is 4.76. The van der Waals surface area contributed by atoms with Crippen molar-refractivity contribution < 1.29 is 9.53 Å². The predicted octanol–water partition coefficient (Wildman–Crippen LogP) is 0.735. The lowest BCUT2D eigenvalue weighted by atomic mass is 10.1. The third kappa shape index (κ3) is 3.94. The number of rotatable bonds is 5. The number of carbonyl (C=O) groups is 1. The maximum absolute atomic E-state index is 11.2. The Bertz CT molecular complexity index is 430. The van der Waals surface area contributed by atoms with Gasteiger partial charge in [0.1, 0.15) is 0 Å². The van der Waals surface area contributed by atoms with Gasteiger partial charge in [0.15, 0.2) is 0 Å². The highest BCUT2D eigenvalue weighted by Gasteiger charge is 2.23. The first-order valence-corrected chi connectivity index (χ1v) is 6.60. The Morgan fingerprint density at radius 2 is 2.00 bits per heavy atom. The molecule has 1 fully saturated rings. The average Bonchev–Trinajstić information content (AvgIpc) is 2.41. The van der Waals surface area contributed by atoms with Crippen molar-refractivity contribution in [3.63, 3.8) is 0 Å². The Morgan fingerprint density at radius 1 is 1.32 bits per heavy atom. The average molecular weight is 263 g/mol. The van der Waals surface area contributed by atoms with Crippen LogP contribution in [0.25, 0.3) is 0 Å². The second kappa shape index (κ2) is 6.54. The smallest absolute Gasteiger partial charge is 0.231 e. The number of amides is 1. The molecule has 5 nitrogen and oxygen atoms in total. The van der Waals surface area contributed by atoms with Gasteiger partial charge in [0.2, 0.25) is 5.91 Å². The van der Waals surface area contributed by atoms with Gasteiger partial charge in [0.05, 0.1) is 6.54 Å². The van der Waals surface area contributed by atoms with Crippen LogP contribution in [0.1, 0.15) is 18.4 Å². The number of anilines is 1. The van der Waals surface area contributed by atoms with Crippen molar-refractivity contribution in [2.75, 3.05) is 25.5 Å². The monoisotopic (exact) mass is 263 g/mol. The first-order valence-electron chi connectivity index (χ1n) is 6.60. The van der Waals surface area contributed by atoms with E-state index in [2.05, 4.69) is 4.90 Å². The van der Waals surface area contributed by atoms with Crippen molar-refractivity contribution in [2.45, 2.75) is 25.4 Å². The van der Waals surface area contributed by atoms with Crippen LogP contribution in [0, 0.1) is 0 Å². The number of hydrogen-bond acceptors (Lipinski definition) is 4. The lowest BCUT2D eigenvalue weighted by Gasteiger charge is -2.33. The molecule has 0 radical (unpaired) electrons. The third-order valence-electron chi connectivity index (χ3n) is 3.49. The van der Waals surface area contributed by atoms with Crippen molar-refractivity contribution >= 4 is 11.6 Å². The van der Waals surface area contributed by atoms with E-state index in [1.54, 1.807) is 0 Å². The van der Waals surface area contributed by atoms with Crippen LogP contribution in [0.3, 0.4) is 0 Å². The lowest BCUT2D eigenvalue weighted by Crippen LogP contribution is -2.43. The molecule has 5 heteroatoms. The van der Waals surface area contributed by atoms with Gasteiger partial charge in [-0.3, -0.25) is 9.69 Å². The van der Waals surface area contributed by atoms with Gasteiger partial charge in [-0.25, -0.2) is 0 Å². The minimum absolute atomic E-state index is 0.263. The Balaban J connectivity index is 2.08. The molecule has 0 saturated carbocycles. The number of primary amides is 1. The molecule has 0 aliphatic carbocycles. The zero-order chi connectivity index (χ0) is 13.7. The second-order valence-corrected chi connectivity index (χ2v) is 4.91. The van der Waals surface area contributed by atoms with Gasteiger partial charge < -0.3 is 16.2 Å². The van der Waals surface area contributed by atoms with Gasteiger partial charge in [0, 0.05) is 31.5 Å². The van der Waals surface area contributed by atoms with Crippen LogP contribution >= 0.6 is 0 Å². The van der Waals surface area contributed by atoms with Gasteiger partial charge in [0.25, 0.3) is 0 Å². The largest absolute Gasteiger partial charge is 0.398 e. The van der Waals surface area contributed by atoms with E-state index in [-0.39, 0.29) is 12.5 Å². The molecule has 1 aromatic rings. The maximum atomic E-state index is 11.2. The molecule has 0 bridgehead atoms. The van der Waals surface area contributed by atoms with E-state index in [4.69, 9.17) is 16.2 Å². The molecule has 1 amide bonds. The number of ether oxygens (including phenoxy) is 1. The molecular weight excluding hydrogens is 242 g/mol. The molecule has 4 N–H and O–H groups in total. The Hall–Kier alpha value is -1.59. The summed E-state index contributed by atoms with van der Waals surface area (Å²) in [6.07, 6.45) is 1.86. The molecular formula is C14H21N3O2. The van der Waals surface area contributed by atoms with E-state index in [1.165, 1.54) is 0 Å². The first kappa shape index (κ1) is 13.8. The molecule has 0 spiro atoms. The minimum Gasteiger partial charge on any atom is -0.398 e. The van der Waals surface area contributed by atoms with Gasteiger partial charge in [-0.05, 0) is 24.5 Å². The molecule has 1 aliphatic heterocycles. The number of para-hydroxylation sites is 1. The van der Waals surface area contributed by atoms with E-state index in [9.17, 15) is 4.79 Å². The fourth-order valence-electron chi connectivity index (χ4n) is 2.46. The summed E-state index contributed by atoms with van der Waals surface area (Å²) >= 11 is 0. The van der Waals surface area contributed by atoms with Crippen LogP contribution in [-0.2, 0) is 16.1 Å². The molecule has 0 unspecified atom stereocenters. The SMILES string of the molecule is NC(=O)CN(Cc1ccccc1N)C1CCOCC1. The normalized spacial score (nSPS) is 16.7. The molecule has 1 saturated heterocycles. The summed E-state index contributed by atoms with van der Waals surface area (Å²) in [4.78, 5) is 13.4. The summed E-state index contributed by atoms with van der Waals surface area (Å²) in [6.45, 7) is 2.40. The van der Waals surface area contributed by atoms with Crippen molar-refractivity contribution in [1.29, 1.82) is 0 Å². The molecule has 104 valence electrons. The minimum atomic E-state index is -0.305. The van der Waals surface area contributed by atoms with Crippen LogP contribution in [-0.4, -0.2) is 36.6 Å². The topological polar surface area (TPSA) is 81.6 Å². The van der Waals surface area contributed by atoms with E-state index in [1.807, 2.05) is 24.3 Å². The summed E-state index contributed by atoms with van der Waals surface area (Å²) in [7, 11) is 0. The summed E-state index contributed by atoms with van der Waals surface area (Å²) in [5.41, 5.74) is 13.1. The van der Waals surface area contributed by atoms with E-state index in [0.29, 0.717) is 12.6 Å². The second-order valence-electron chi connectivity index (χ2n) is 4.91. The number of benzene rings is 1. The van der Waals surface area contributed by atoms with E-state index >= 15 is 0 Å². The highest BCUT2D eigenvalue weighted by Crippen LogP contribution is 2.19. The van der Waals surface area contributed by atoms with Gasteiger partial charge >= 0.3 is 0 Å². The van der Waals surface area contributed by atoms with Gasteiger partial charge in [-0.2, -0.15) is 0 Å². The predicted molar refractivity (Wildman–Crippen MR) is 74.3 cm³/mol. The number of nitrogens with zero attached hydrogens (tertiary/aromatic N) is 1. The zero-order valence-corrected chi connectivity index (χ0v) is 11.0. The number of nitrogens with two attached hydrogens (primary N) is 2. The molecule has 1 aliphatic rings. The van der Waals surface area contributed by atoms with Crippen LogP contribution in [0.5, 0.6) is 0 Å². The molecule has 2 rings (SSSR count). The summed E-state index contributed by atoms with van der Waals surface area (Å²) in [5, 5.41) is 0. The summed E-state index contributed by atoms with van der Waals surface area (Å²) < 4.78 is 5.36. The fraction of sp³-hybridized carbons (Fsp3) is 0.500. The van der Waals surface area contributed by atoms with Crippen LogP contribution in [0.4, 0.5) is 5.69 Å². The first-order chi connectivity index (χ1) is 9.16. The van der Waals surface area contributed by atoms with Crippen molar-refractivity contribution in [3.05, 3.63) is 29.8 Å². The maximum Gasteiger partial charge on any atom is 0.231 e. The lowest BCUT2D eigenvalue weighted by molar-refractivity contribution is -0.120. The van der Waals surface area contributed by atoms with E-state index < -0.39 is 0 Å². The number of carbonyl (C=O) groups excluding carboxylic acids is 1. The summed E-state index contributed by atoms with van der Waals surface area (Å²) in [6, 6.07) is 8.06. The van der Waals surface area contributed by atoms with Crippen molar-refractivity contribution in [2.24, 2.45) is 5.73 Å². The Morgan fingerprint density at radius 3 is 2.63 bits per heavy atom.